The van der Waals surface area contributed by atoms with Crippen molar-refractivity contribution in [3.8, 4) is 11.5 Å². The van der Waals surface area contributed by atoms with Gasteiger partial charge in [-0.15, -0.1) is 0 Å². The van der Waals surface area contributed by atoms with Crippen LogP contribution < -0.4 is 9.47 Å². The van der Waals surface area contributed by atoms with Crippen molar-refractivity contribution in [3.63, 3.8) is 0 Å². The summed E-state index contributed by atoms with van der Waals surface area (Å²) in [6, 6.07) is 4.71. The second-order valence-corrected chi connectivity index (χ2v) is 3.20. The van der Waals surface area contributed by atoms with Crippen LogP contribution in [0.5, 0.6) is 11.5 Å². The fourth-order valence-electron chi connectivity index (χ4n) is 0.920. The van der Waals surface area contributed by atoms with Gasteiger partial charge in [0.1, 0.15) is 16.4 Å². The maximum Gasteiger partial charge on any atom is 0.190 e. The van der Waals surface area contributed by atoms with Gasteiger partial charge >= 0.3 is 0 Å². The number of hydrogen-bond donors (Lipinski definition) is 1. The monoisotopic (exact) mass is 225 g/mol. The molecule has 1 atom stereocenters. The molecule has 0 saturated carbocycles. The summed E-state index contributed by atoms with van der Waals surface area (Å²) in [5.41, 5.74) is 0. The minimum atomic E-state index is -2.06. The zero-order valence-electron chi connectivity index (χ0n) is 8.31. The SMILES string of the molecule is COc1ccc(OC)c(S(=O)O)c1.[Na]. The normalized spacial score (nSPS) is 11.4. The maximum atomic E-state index is 10.8. The third-order valence-electron chi connectivity index (χ3n) is 1.56. The standard InChI is InChI=1S/C8H10O4S.Na/c1-11-6-3-4-7(12-2)8(5-6)13(9)10;/h3-5H,1-2H3,(H,9,10);. The van der Waals surface area contributed by atoms with Gasteiger partial charge in [-0.1, -0.05) is 0 Å². The molecule has 73 valence electrons. The summed E-state index contributed by atoms with van der Waals surface area (Å²) in [6.45, 7) is 0. The van der Waals surface area contributed by atoms with E-state index in [-0.39, 0.29) is 34.5 Å². The minimum Gasteiger partial charge on any atom is -0.497 e. The quantitative estimate of drug-likeness (QED) is 0.613. The number of hydrogen-bond acceptors (Lipinski definition) is 3. The number of methoxy groups -OCH3 is 2. The van der Waals surface area contributed by atoms with Gasteiger partial charge in [0.05, 0.1) is 14.2 Å². The predicted octanol–water partition coefficient (Wildman–Crippen LogP) is 0.904. The summed E-state index contributed by atoms with van der Waals surface area (Å²) in [5, 5.41) is 0. The van der Waals surface area contributed by atoms with Crippen LogP contribution in [0.15, 0.2) is 23.1 Å². The Morgan fingerprint density at radius 3 is 2.36 bits per heavy atom. The van der Waals surface area contributed by atoms with Crippen LogP contribution in [0.25, 0.3) is 0 Å². The van der Waals surface area contributed by atoms with Crippen molar-refractivity contribution in [2.45, 2.75) is 4.90 Å². The fraction of sp³-hybridized carbons (Fsp3) is 0.250. The van der Waals surface area contributed by atoms with Crippen LogP contribution in [0.4, 0.5) is 0 Å². The van der Waals surface area contributed by atoms with E-state index in [0.717, 1.165) is 0 Å². The molecule has 0 saturated heterocycles. The zero-order valence-corrected chi connectivity index (χ0v) is 11.1. The number of rotatable bonds is 3. The molecule has 0 aliphatic heterocycles. The third kappa shape index (κ3) is 3.25. The smallest absolute Gasteiger partial charge is 0.190 e. The van der Waals surface area contributed by atoms with Crippen molar-refractivity contribution in [2.24, 2.45) is 0 Å². The molecule has 1 radical (unpaired) electrons. The van der Waals surface area contributed by atoms with Crippen molar-refractivity contribution in [1.29, 1.82) is 0 Å². The van der Waals surface area contributed by atoms with E-state index in [1.54, 1.807) is 12.1 Å². The van der Waals surface area contributed by atoms with E-state index in [1.165, 1.54) is 20.3 Å². The molecule has 1 unspecified atom stereocenters. The summed E-state index contributed by atoms with van der Waals surface area (Å²) >= 11 is -2.06. The Labute approximate surface area is 107 Å². The van der Waals surface area contributed by atoms with Crippen molar-refractivity contribution < 1.29 is 18.2 Å². The van der Waals surface area contributed by atoms with Crippen LogP contribution >= 0.6 is 0 Å². The first kappa shape index (κ1) is 13.9. The molecule has 0 amide bonds. The third-order valence-corrected chi connectivity index (χ3v) is 2.25. The van der Waals surface area contributed by atoms with Gasteiger partial charge in [-0.2, -0.15) is 0 Å². The number of benzene rings is 1. The van der Waals surface area contributed by atoms with Crippen LogP contribution in [-0.4, -0.2) is 52.5 Å². The molecule has 1 rings (SSSR count). The average Bonchev–Trinajstić information content (AvgIpc) is 2.16. The van der Waals surface area contributed by atoms with E-state index < -0.39 is 11.1 Å². The fourth-order valence-corrected chi connectivity index (χ4v) is 1.46. The van der Waals surface area contributed by atoms with Gasteiger partial charge < -0.3 is 14.0 Å². The summed E-state index contributed by atoms with van der Waals surface area (Å²) in [6.07, 6.45) is 0. The Balaban J connectivity index is 0.00000169. The molecule has 0 aliphatic rings. The molecule has 0 bridgehead atoms. The molecule has 4 nitrogen and oxygen atoms in total. The van der Waals surface area contributed by atoms with Crippen molar-refractivity contribution in [1.82, 2.24) is 0 Å². The largest absolute Gasteiger partial charge is 0.497 e. The molecule has 0 aliphatic carbocycles. The zero-order chi connectivity index (χ0) is 9.84. The average molecular weight is 225 g/mol. The first-order chi connectivity index (χ1) is 6.19. The van der Waals surface area contributed by atoms with Crippen LogP contribution in [-0.2, 0) is 11.1 Å². The minimum absolute atomic E-state index is 0. The van der Waals surface area contributed by atoms with Crippen LogP contribution in [0.1, 0.15) is 0 Å². The molecule has 0 heterocycles. The molecular weight excluding hydrogens is 215 g/mol. The summed E-state index contributed by atoms with van der Waals surface area (Å²) in [4.78, 5) is 0.210. The molecule has 6 heteroatoms. The molecule has 14 heavy (non-hydrogen) atoms. The van der Waals surface area contributed by atoms with Crippen molar-refractivity contribution in [2.75, 3.05) is 14.2 Å². The Bertz CT molecular complexity index is 329. The Kier molecular flexibility index (Phi) is 6.39. The molecule has 1 N–H and O–H groups in total. The summed E-state index contributed by atoms with van der Waals surface area (Å²) in [5.74, 6) is 0.903. The van der Waals surface area contributed by atoms with Crippen LogP contribution in [0.2, 0.25) is 0 Å². The van der Waals surface area contributed by atoms with Crippen LogP contribution in [0, 0.1) is 0 Å². The number of ether oxygens (including phenoxy) is 2. The molecular formula is C8H10NaO4S. The van der Waals surface area contributed by atoms with Gasteiger partial charge in [0.15, 0.2) is 11.1 Å². The first-order valence-electron chi connectivity index (χ1n) is 3.52. The van der Waals surface area contributed by atoms with Gasteiger partial charge in [-0.05, 0) is 12.1 Å². The Morgan fingerprint density at radius 2 is 1.93 bits per heavy atom. The van der Waals surface area contributed by atoms with Gasteiger partial charge in [-0.3, -0.25) is 0 Å². The van der Waals surface area contributed by atoms with Crippen molar-refractivity contribution >= 4 is 40.6 Å². The molecule has 0 aromatic heterocycles. The second kappa shape index (κ2) is 6.42. The van der Waals surface area contributed by atoms with Crippen molar-refractivity contribution in [3.05, 3.63) is 18.2 Å². The van der Waals surface area contributed by atoms with Gasteiger partial charge in [-0.25, -0.2) is 4.21 Å². The maximum absolute atomic E-state index is 10.8. The molecule has 1 aromatic rings. The molecule has 0 fully saturated rings. The Hall–Kier alpha value is -0.0700. The van der Waals surface area contributed by atoms with Gasteiger partial charge in [0.2, 0.25) is 0 Å². The predicted molar refractivity (Wildman–Crippen MR) is 54.3 cm³/mol. The Morgan fingerprint density at radius 1 is 1.29 bits per heavy atom. The topological polar surface area (TPSA) is 55.8 Å². The van der Waals surface area contributed by atoms with Crippen LogP contribution in [0.3, 0.4) is 0 Å². The summed E-state index contributed by atoms with van der Waals surface area (Å²) in [7, 11) is 2.93. The van der Waals surface area contributed by atoms with E-state index in [0.29, 0.717) is 11.5 Å². The first-order valence-corrected chi connectivity index (χ1v) is 4.62. The van der Waals surface area contributed by atoms with E-state index >= 15 is 0 Å². The molecule has 0 spiro atoms. The van der Waals surface area contributed by atoms with E-state index in [9.17, 15) is 4.21 Å². The van der Waals surface area contributed by atoms with E-state index in [2.05, 4.69) is 0 Å². The summed E-state index contributed by atoms with van der Waals surface area (Å²) < 4.78 is 29.5. The van der Waals surface area contributed by atoms with Gasteiger partial charge in [0.25, 0.3) is 0 Å². The van der Waals surface area contributed by atoms with E-state index in [1.807, 2.05) is 0 Å². The molecule has 1 aromatic carbocycles. The van der Waals surface area contributed by atoms with E-state index in [4.69, 9.17) is 14.0 Å². The second-order valence-electron chi connectivity index (χ2n) is 2.27. The van der Waals surface area contributed by atoms with Gasteiger partial charge in [0, 0.05) is 35.6 Å².